The molecule has 0 bridgehead atoms. The van der Waals surface area contributed by atoms with Crippen LogP contribution in [0.4, 0.5) is 0 Å². The molecule has 0 spiro atoms. The molecule has 2 aromatic heterocycles. The molecule has 0 aliphatic heterocycles. The number of nitrogens with zero attached hydrogens (tertiary/aromatic N) is 2. The Morgan fingerprint density at radius 1 is 1.55 bits per heavy atom. The largest absolute Gasteiger partial charge is 0.241 e. The van der Waals surface area contributed by atoms with Crippen LogP contribution in [-0.2, 0) is 0 Å². The van der Waals surface area contributed by atoms with Crippen LogP contribution in [0, 0.1) is 6.92 Å². The van der Waals surface area contributed by atoms with E-state index in [0.29, 0.717) is 0 Å². The first-order chi connectivity index (χ1) is 5.27. The Labute approximate surface area is 73.0 Å². The van der Waals surface area contributed by atoms with Crippen LogP contribution in [0.2, 0.25) is 0 Å². The summed E-state index contributed by atoms with van der Waals surface area (Å²) < 4.78 is 2.95. The molecule has 0 unspecified atom stereocenters. The van der Waals surface area contributed by atoms with E-state index in [1.807, 2.05) is 23.0 Å². The van der Waals surface area contributed by atoms with Crippen LogP contribution in [-0.4, -0.2) is 9.61 Å². The molecule has 2 rings (SSSR count). The standard InChI is InChI=1S/C8H7BrN2/c1-6-5-10-11-3-2-7(9)4-8(6)11/h2-5H,1H3. The summed E-state index contributed by atoms with van der Waals surface area (Å²) in [5.74, 6) is 0. The fraction of sp³-hybridized carbons (Fsp3) is 0.125. The van der Waals surface area contributed by atoms with Gasteiger partial charge in [-0.3, -0.25) is 0 Å². The number of fused-ring (bicyclic) bond motifs is 1. The summed E-state index contributed by atoms with van der Waals surface area (Å²) >= 11 is 3.41. The average molecular weight is 211 g/mol. The third-order valence-corrected chi connectivity index (χ3v) is 2.17. The van der Waals surface area contributed by atoms with E-state index in [9.17, 15) is 0 Å². The van der Waals surface area contributed by atoms with Crippen molar-refractivity contribution in [3.8, 4) is 0 Å². The molecule has 3 heteroatoms. The Bertz CT molecular complexity index is 392. The van der Waals surface area contributed by atoms with Crippen molar-refractivity contribution < 1.29 is 0 Å². The number of hydrogen-bond donors (Lipinski definition) is 0. The number of aromatic nitrogens is 2. The second-order valence-electron chi connectivity index (χ2n) is 2.50. The summed E-state index contributed by atoms with van der Waals surface area (Å²) in [6, 6.07) is 4.03. The molecule has 0 aromatic carbocycles. The lowest BCUT2D eigenvalue weighted by molar-refractivity contribution is 0.959. The van der Waals surface area contributed by atoms with Crippen LogP contribution < -0.4 is 0 Å². The minimum Gasteiger partial charge on any atom is -0.241 e. The van der Waals surface area contributed by atoms with E-state index in [4.69, 9.17) is 0 Å². The van der Waals surface area contributed by atoms with Crippen LogP contribution >= 0.6 is 15.9 Å². The molecule has 56 valence electrons. The van der Waals surface area contributed by atoms with E-state index in [2.05, 4.69) is 34.0 Å². The van der Waals surface area contributed by atoms with Gasteiger partial charge in [0.25, 0.3) is 0 Å². The number of halogens is 1. The van der Waals surface area contributed by atoms with Crippen LogP contribution in [0.25, 0.3) is 5.52 Å². The summed E-state index contributed by atoms with van der Waals surface area (Å²) in [6.07, 6.45) is 3.80. The van der Waals surface area contributed by atoms with Gasteiger partial charge in [0.05, 0.1) is 11.7 Å². The highest BCUT2D eigenvalue weighted by molar-refractivity contribution is 9.10. The van der Waals surface area contributed by atoms with Gasteiger partial charge in [0, 0.05) is 10.7 Å². The first kappa shape index (κ1) is 6.85. The lowest BCUT2D eigenvalue weighted by atomic mass is 10.3. The van der Waals surface area contributed by atoms with Gasteiger partial charge in [-0.2, -0.15) is 5.10 Å². The lowest BCUT2D eigenvalue weighted by Crippen LogP contribution is -1.84. The molecule has 0 fully saturated rings. The quantitative estimate of drug-likeness (QED) is 0.653. The molecule has 0 amide bonds. The Kier molecular flexibility index (Phi) is 1.46. The van der Waals surface area contributed by atoms with E-state index in [1.165, 1.54) is 5.56 Å². The molecule has 2 heterocycles. The third-order valence-electron chi connectivity index (χ3n) is 1.68. The first-order valence-corrected chi connectivity index (χ1v) is 4.16. The summed E-state index contributed by atoms with van der Waals surface area (Å²) in [5, 5.41) is 4.16. The van der Waals surface area contributed by atoms with E-state index in [1.54, 1.807) is 0 Å². The fourth-order valence-corrected chi connectivity index (χ4v) is 1.41. The maximum Gasteiger partial charge on any atom is 0.0701 e. The first-order valence-electron chi connectivity index (χ1n) is 3.37. The summed E-state index contributed by atoms with van der Waals surface area (Å²) in [5.41, 5.74) is 2.35. The molecule has 0 aliphatic carbocycles. The topological polar surface area (TPSA) is 17.3 Å². The fourth-order valence-electron chi connectivity index (χ4n) is 1.08. The van der Waals surface area contributed by atoms with Gasteiger partial charge in [-0.1, -0.05) is 15.9 Å². The van der Waals surface area contributed by atoms with Crippen molar-refractivity contribution in [1.29, 1.82) is 0 Å². The zero-order chi connectivity index (χ0) is 7.84. The average Bonchev–Trinajstić information content (AvgIpc) is 2.33. The SMILES string of the molecule is Cc1cnn2ccc(Br)cc12. The zero-order valence-electron chi connectivity index (χ0n) is 6.08. The van der Waals surface area contributed by atoms with Gasteiger partial charge in [-0.25, -0.2) is 4.52 Å². The predicted molar refractivity (Wildman–Crippen MR) is 47.6 cm³/mol. The van der Waals surface area contributed by atoms with Crippen molar-refractivity contribution >= 4 is 21.4 Å². The van der Waals surface area contributed by atoms with Crippen LogP contribution in [0.5, 0.6) is 0 Å². The maximum absolute atomic E-state index is 4.16. The summed E-state index contributed by atoms with van der Waals surface area (Å²) in [4.78, 5) is 0. The van der Waals surface area contributed by atoms with E-state index < -0.39 is 0 Å². The maximum atomic E-state index is 4.16. The highest BCUT2D eigenvalue weighted by atomic mass is 79.9. The van der Waals surface area contributed by atoms with Crippen molar-refractivity contribution in [1.82, 2.24) is 9.61 Å². The van der Waals surface area contributed by atoms with Gasteiger partial charge >= 0.3 is 0 Å². The Hall–Kier alpha value is -0.830. The van der Waals surface area contributed by atoms with Crippen molar-refractivity contribution in [2.75, 3.05) is 0 Å². The van der Waals surface area contributed by atoms with E-state index >= 15 is 0 Å². The normalized spacial score (nSPS) is 10.7. The van der Waals surface area contributed by atoms with Crippen LogP contribution in [0.1, 0.15) is 5.56 Å². The minimum absolute atomic E-state index is 1.09. The molecule has 0 saturated carbocycles. The van der Waals surface area contributed by atoms with E-state index in [0.717, 1.165) is 9.99 Å². The van der Waals surface area contributed by atoms with Gasteiger partial charge in [-0.05, 0) is 24.6 Å². The van der Waals surface area contributed by atoms with Crippen molar-refractivity contribution in [3.63, 3.8) is 0 Å². The second-order valence-corrected chi connectivity index (χ2v) is 3.42. The molecule has 0 atom stereocenters. The monoisotopic (exact) mass is 210 g/mol. The smallest absolute Gasteiger partial charge is 0.0701 e. The molecule has 0 N–H and O–H groups in total. The number of aryl methyl sites for hydroxylation is 1. The molecule has 11 heavy (non-hydrogen) atoms. The zero-order valence-corrected chi connectivity index (χ0v) is 7.67. The summed E-state index contributed by atoms with van der Waals surface area (Å²) in [7, 11) is 0. The Morgan fingerprint density at radius 3 is 3.18 bits per heavy atom. The Balaban J connectivity index is 2.87. The molecular weight excluding hydrogens is 204 g/mol. The van der Waals surface area contributed by atoms with Crippen molar-refractivity contribution in [3.05, 3.63) is 34.6 Å². The van der Waals surface area contributed by atoms with E-state index in [-0.39, 0.29) is 0 Å². The molecule has 2 nitrogen and oxygen atoms in total. The molecular formula is C8H7BrN2. The van der Waals surface area contributed by atoms with Gasteiger partial charge in [0.1, 0.15) is 0 Å². The van der Waals surface area contributed by atoms with Crippen molar-refractivity contribution in [2.45, 2.75) is 6.92 Å². The van der Waals surface area contributed by atoms with Gasteiger partial charge in [-0.15, -0.1) is 0 Å². The molecule has 0 aliphatic rings. The number of pyridine rings is 1. The van der Waals surface area contributed by atoms with Gasteiger partial charge < -0.3 is 0 Å². The molecule has 0 radical (unpaired) electrons. The third kappa shape index (κ3) is 1.05. The molecule has 0 saturated heterocycles. The van der Waals surface area contributed by atoms with Crippen LogP contribution in [0.15, 0.2) is 29.0 Å². The second kappa shape index (κ2) is 2.34. The van der Waals surface area contributed by atoms with Gasteiger partial charge in [0.15, 0.2) is 0 Å². The number of hydrogen-bond acceptors (Lipinski definition) is 1. The summed E-state index contributed by atoms with van der Waals surface area (Å²) in [6.45, 7) is 2.05. The molecule has 2 aromatic rings. The van der Waals surface area contributed by atoms with Crippen molar-refractivity contribution in [2.24, 2.45) is 0 Å². The highest BCUT2D eigenvalue weighted by Crippen LogP contribution is 2.15. The predicted octanol–water partition coefficient (Wildman–Crippen LogP) is 2.41. The Morgan fingerprint density at radius 2 is 2.36 bits per heavy atom. The number of rotatable bonds is 0. The van der Waals surface area contributed by atoms with Gasteiger partial charge in [0.2, 0.25) is 0 Å². The lowest BCUT2D eigenvalue weighted by Gasteiger charge is -1.93. The minimum atomic E-state index is 1.09. The highest BCUT2D eigenvalue weighted by Gasteiger charge is 1.97. The van der Waals surface area contributed by atoms with Crippen LogP contribution in [0.3, 0.4) is 0 Å².